The van der Waals surface area contributed by atoms with Crippen LogP contribution in [0, 0.1) is 0 Å². The molecule has 0 bridgehead atoms. The number of H-pyrrole nitrogens is 1. The fraction of sp³-hybridized carbons (Fsp3) is 0.571. The average Bonchev–Trinajstić information content (AvgIpc) is 2.91. The zero-order valence-corrected chi connectivity index (χ0v) is 14.0. The topological polar surface area (TPSA) is 107 Å². The van der Waals surface area contributed by atoms with E-state index in [9.17, 15) is 19.2 Å². The van der Waals surface area contributed by atoms with E-state index >= 15 is 0 Å². The Balaban J connectivity index is 2.10. The molecule has 1 aromatic heterocycles. The van der Waals surface area contributed by atoms with Crippen molar-refractivity contribution in [2.24, 2.45) is 0 Å². The van der Waals surface area contributed by atoms with Crippen molar-refractivity contribution in [3.8, 4) is 0 Å². The maximum atomic E-state index is 11.9. The van der Waals surface area contributed by atoms with Crippen molar-refractivity contribution in [2.75, 3.05) is 0 Å². The molecule has 3 atom stereocenters. The summed E-state index contributed by atoms with van der Waals surface area (Å²) in [4.78, 5) is 48.1. The van der Waals surface area contributed by atoms with E-state index in [0.717, 1.165) is 0 Å². The largest absolute Gasteiger partial charge is 0.459 e. The van der Waals surface area contributed by atoms with Gasteiger partial charge in [0.1, 0.15) is 18.1 Å². The lowest BCUT2D eigenvalue weighted by atomic mass is 10.2. The van der Waals surface area contributed by atoms with Gasteiger partial charge in [-0.2, -0.15) is 0 Å². The van der Waals surface area contributed by atoms with E-state index in [1.54, 1.807) is 0 Å². The summed E-state index contributed by atoms with van der Waals surface area (Å²) in [5, 5.41) is 0. The second-order valence-electron chi connectivity index (χ2n) is 5.24. The molecular formula is C14H17BrN2O6. The highest BCUT2D eigenvalue weighted by molar-refractivity contribution is 9.10. The molecule has 1 aliphatic rings. The van der Waals surface area contributed by atoms with Crippen molar-refractivity contribution in [1.82, 2.24) is 9.55 Å². The van der Waals surface area contributed by atoms with Gasteiger partial charge in [0.2, 0.25) is 0 Å². The van der Waals surface area contributed by atoms with E-state index in [-0.39, 0.29) is 36.4 Å². The first-order chi connectivity index (χ1) is 11.3. The normalized spacial score (nSPS) is 24.3. The van der Waals surface area contributed by atoms with Crippen molar-refractivity contribution in [2.45, 2.75) is 51.5 Å². The van der Waals surface area contributed by atoms with Gasteiger partial charge in [0.15, 0.2) is 0 Å². The van der Waals surface area contributed by atoms with Gasteiger partial charge in [-0.1, -0.05) is 0 Å². The van der Waals surface area contributed by atoms with Gasteiger partial charge >= 0.3 is 11.7 Å². The molecule has 0 radical (unpaired) electrons. The second kappa shape index (κ2) is 7.22. The van der Waals surface area contributed by atoms with Crippen LogP contribution >= 0.6 is 15.9 Å². The number of carbonyl (C=O) groups excluding carboxylic acids is 2. The van der Waals surface area contributed by atoms with Crippen LogP contribution < -0.4 is 11.2 Å². The Hall–Kier alpha value is -1.74. The zero-order valence-electron chi connectivity index (χ0n) is 13.4. The highest BCUT2D eigenvalue weighted by atomic mass is 79.9. The zero-order chi connectivity index (χ0) is 17.9. The predicted molar refractivity (Wildman–Crippen MR) is 83.0 cm³/mol. The number of ketones is 1. The fourth-order valence-electron chi connectivity index (χ4n) is 2.18. The van der Waals surface area contributed by atoms with Crippen molar-refractivity contribution in [3.05, 3.63) is 31.5 Å². The van der Waals surface area contributed by atoms with Gasteiger partial charge in [0, 0.05) is 20.4 Å². The third-order valence-electron chi connectivity index (χ3n) is 3.38. The summed E-state index contributed by atoms with van der Waals surface area (Å²) in [5.74, 6) is -0.665. The van der Waals surface area contributed by atoms with E-state index in [1.807, 2.05) is 0 Å². The van der Waals surface area contributed by atoms with Gasteiger partial charge in [0.25, 0.3) is 5.56 Å². The Morgan fingerprint density at radius 3 is 2.91 bits per heavy atom. The number of aromatic amines is 1. The first-order valence-electron chi connectivity index (χ1n) is 7.67. The van der Waals surface area contributed by atoms with Crippen molar-refractivity contribution < 1.29 is 20.4 Å². The van der Waals surface area contributed by atoms with Gasteiger partial charge in [-0.3, -0.25) is 19.1 Å². The van der Waals surface area contributed by atoms with E-state index in [1.165, 1.54) is 17.7 Å². The highest BCUT2D eigenvalue weighted by Gasteiger charge is 2.36. The molecule has 3 unspecified atom stereocenters. The molecule has 2 heterocycles. The quantitative estimate of drug-likeness (QED) is 0.749. The Labute approximate surface area is 141 Å². The van der Waals surface area contributed by atoms with Gasteiger partial charge in [-0.05, 0) is 29.8 Å². The van der Waals surface area contributed by atoms with Gasteiger partial charge in [-0.15, -0.1) is 0 Å². The van der Waals surface area contributed by atoms with Crippen LogP contribution in [-0.4, -0.2) is 33.5 Å². The molecule has 1 aromatic rings. The van der Waals surface area contributed by atoms with Crippen LogP contribution in [0.5, 0.6) is 0 Å². The minimum atomic E-state index is -0.758. The van der Waals surface area contributed by atoms with Gasteiger partial charge in [0.05, 0.1) is 17.0 Å². The van der Waals surface area contributed by atoms with Crippen LogP contribution in [0.4, 0.5) is 0 Å². The third kappa shape index (κ3) is 4.38. The van der Waals surface area contributed by atoms with Gasteiger partial charge < -0.3 is 14.3 Å². The number of esters is 1. The minimum Gasteiger partial charge on any atom is -0.459 e. The molecule has 0 aliphatic carbocycles. The smallest absolute Gasteiger partial charge is 0.330 e. The van der Waals surface area contributed by atoms with Crippen molar-refractivity contribution in [3.63, 3.8) is 0 Å². The molecule has 0 amide bonds. The summed E-state index contributed by atoms with van der Waals surface area (Å²) in [6.07, 6.45) is -0.607. The Kier molecular flexibility index (Phi) is 5.06. The first-order valence-corrected chi connectivity index (χ1v) is 7.75. The summed E-state index contributed by atoms with van der Waals surface area (Å²) in [6.45, 7) is 1.23. The molecule has 0 saturated carbocycles. The number of aromatic nitrogens is 2. The lowest BCUT2D eigenvalue weighted by Gasteiger charge is -2.14. The van der Waals surface area contributed by atoms with Crippen LogP contribution in [0.2, 0.25) is 0 Å². The van der Waals surface area contributed by atoms with Gasteiger partial charge in [-0.25, -0.2) is 4.79 Å². The molecule has 1 saturated heterocycles. The van der Waals surface area contributed by atoms with Crippen LogP contribution in [0.1, 0.15) is 40.7 Å². The lowest BCUT2D eigenvalue weighted by molar-refractivity contribution is -0.152. The summed E-state index contributed by atoms with van der Waals surface area (Å²) >= 11 is 3.04. The van der Waals surface area contributed by atoms with E-state index < -0.39 is 35.7 Å². The summed E-state index contributed by atoms with van der Waals surface area (Å²) in [7, 11) is 0. The number of carbonyl (C=O) groups is 2. The number of nitrogens with one attached hydrogen (secondary N) is 1. The maximum Gasteiger partial charge on any atom is 0.330 e. The van der Waals surface area contributed by atoms with E-state index in [0.29, 0.717) is 0 Å². The molecule has 1 N–H and O–H groups in total. The van der Waals surface area contributed by atoms with Crippen LogP contribution in [-0.2, 0) is 19.1 Å². The summed E-state index contributed by atoms with van der Waals surface area (Å²) in [6, 6.07) is 0. The molecule has 0 aromatic carbocycles. The average molecular weight is 390 g/mol. The number of nitrogens with zero attached hydrogens (tertiary/aromatic N) is 1. The summed E-state index contributed by atoms with van der Waals surface area (Å²) in [5.41, 5.74) is -1.21. The van der Waals surface area contributed by atoms with Crippen molar-refractivity contribution in [1.29, 1.82) is 0 Å². The minimum absolute atomic E-state index is 0.0363. The SMILES string of the molecule is [2H]CC1OC(n2cc(Br)c(=O)[nH]c2=O)CC1OC(=O)CCC(C)=O. The molecule has 9 heteroatoms. The monoisotopic (exact) mass is 389 g/mol. The second-order valence-corrected chi connectivity index (χ2v) is 6.09. The number of halogens is 1. The number of hydrogen-bond acceptors (Lipinski definition) is 6. The van der Waals surface area contributed by atoms with Crippen molar-refractivity contribution >= 4 is 27.7 Å². The lowest BCUT2D eigenvalue weighted by Crippen LogP contribution is -2.32. The third-order valence-corrected chi connectivity index (χ3v) is 3.94. The summed E-state index contributed by atoms with van der Waals surface area (Å²) < 4.78 is 19.7. The number of rotatable bonds is 5. The molecule has 23 heavy (non-hydrogen) atoms. The number of ether oxygens (including phenoxy) is 2. The van der Waals surface area contributed by atoms with Crippen LogP contribution in [0.3, 0.4) is 0 Å². The molecule has 1 fully saturated rings. The Morgan fingerprint density at radius 1 is 1.52 bits per heavy atom. The number of hydrogen-bond donors (Lipinski definition) is 1. The predicted octanol–water partition coefficient (Wildman–Crippen LogP) is 0.887. The molecular weight excluding hydrogens is 372 g/mol. The number of Topliss-reactive ketones (excluding diaryl/α,β-unsaturated/α-hetero) is 1. The molecule has 0 spiro atoms. The molecule has 2 rings (SSSR count). The highest BCUT2D eigenvalue weighted by Crippen LogP contribution is 2.30. The standard InChI is InChI=1S/C14H17BrN2O6/c1-7(18)3-4-12(19)23-10-5-11(22-8(10)2)17-6-9(15)13(20)16-14(17)21/h6,8,10-11H,3-5H2,1-2H3,(H,16,20,21)/i2D. The Bertz CT molecular complexity index is 746. The first kappa shape index (κ1) is 16.1. The molecule has 8 nitrogen and oxygen atoms in total. The maximum absolute atomic E-state index is 11.9. The fourth-order valence-corrected chi connectivity index (χ4v) is 2.50. The van der Waals surface area contributed by atoms with E-state index in [4.69, 9.17) is 10.8 Å². The molecule has 126 valence electrons. The molecule has 1 aliphatic heterocycles. The van der Waals surface area contributed by atoms with E-state index in [2.05, 4.69) is 20.9 Å². The van der Waals surface area contributed by atoms with Crippen LogP contribution in [0.25, 0.3) is 0 Å². The van der Waals surface area contributed by atoms with Crippen LogP contribution in [0.15, 0.2) is 20.3 Å². The Morgan fingerprint density at radius 2 is 2.26 bits per heavy atom.